The van der Waals surface area contributed by atoms with E-state index in [0.717, 1.165) is 35.5 Å². The van der Waals surface area contributed by atoms with E-state index >= 15 is 0 Å². The van der Waals surface area contributed by atoms with Gasteiger partial charge in [-0.2, -0.15) is 0 Å². The quantitative estimate of drug-likeness (QED) is 0.572. The Balaban J connectivity index is 1.44. The van der Waals surface area contributed by atoms with Crippen LogP contribution < -0.4 is 0 Å². The van der Waals surface area contributed by atoms with E-state index in [4.69, 9.17) is 0 Å². The summed E-state index contributed by atoms with van der Waals surface area (Å²) in [6, 6.07) is 9.09. The maximum Gasteiger partial charge on any atom is -0.00900 e. The molecule has 0 radical (unpaired) electrons. The molecule has 6 atom stereocenters. The SMILES string of the molecule is CC(C)(C1CCC2C=CC=CC21)C1CCC2c3ccccc3C=CC21. The number of hydrogen-bond acceptors (Lipinski definition) is 0. The predicted octanol–water partition coefficient (Wildman–Crippen LogP) is 6.62. The van der Waals surface area contributed by atoms with Gasteiger partial charge in [-0.15, -0.1) is 0 Å². The molecule has 0 aliphatic heterocycles. The highest BCUT2D eigenvalue weighted by atomic mass is 14.6. The standard InChI is InChI=1S/C25H30/c1-25(2,23-15-12-18-8-4-6-10-20(18)23)24-16-14-21-19-9-5-3-7-17(19)11-13-22(21)24/h3-11,13,18,20-24H,12,14-16H2,1-2H3. The number of allylic oxidation sites excluding steroid dienone is 5. The zero-order valence-corrected chi connectivity index (χ0v) is 15.6. The summed E-state index contributed by atoms with van der Waals surface area (Å²) in [6.07, 6.45) is 20.1. The molecule has 0 heteroatoms. The van der Waals surface area contributed by atoms with Gasteiger partial charge in [-0.05, 0) is 77.7 Å². The maximum atomic E-state index is 2.59. The molecule has 2 fully saturated rings. The summed E-state index contributed by atoms with van der Waals surface area (Å²) in [5.41, 5.74) is 3.49. The zero-order valence-electron chi connectivity index (χ0n) is 15.6. The average Bonchev–Trinajstić information content (AvgIpc) is 3.26. The Kier molecular flexibility index (Phi) is 3.59. The van der Waals surface area contributed by atoms with Crippen LogP contribution in [-0.2, 0) is 0 Å². The summed E-state index contributed by atoms with van der Waals surface area (Å²) in [5.74, 6) is 4.74. The molecule has 0 bridgehead atoms. The zero-order chi connectivity index (χ0) is 17.0. The fraction of sp³-hybridized carbons (Fsp3) is 0.520. The van der Waals surface area contributed by atoms with Crippen molar-refractivity contribution in [2.45, 2.75) is 45.4 Å². The van der Waals surface area contributed by atoms with Crippen molar-refractivity contribution in [1.82, 2.24) is 0 Å². The van der Waals surface area contributed by atoms with Gasteiger partial charge in [0.15, 0.2) is 0 Å². The lowest BCUT2D eigenvalue weighted by Gasteiger charge is -2.44. The lowest BCUT2D eigenvalue weighted by atomic mass is 9.60. The van der Waals surface area contributed by atoms with E-state index in [9.17, 15) is 0 Å². The van der Waals surface area contributed by atoms with Gasteiger partial charge in [0.2, 0.25) is 0 Å². The second-order valence-corrected chi connectivity index (χ2v) is 9.37. The summed E-state index contributed by atoms with van der Waals surface area (Å²) in [4.78, 5) is 0. The largest absolute Gasteiger partial charge is 0.0808 e. The Morgan fingerprint density at radius 1 is 0.800 bits per heavy atom. The number of hydrogen-bond donors (Lipinski definition) is 0. The van der Waals surface area contributed by atoms with E-state index in [-0.39, 0.29) is 0 Å². The normalized spacial score (nSPS) is 38.5. The van der Waals surface area contributed by atoms with Gasteiger partial charge in [0.25, 0.3) is 0 Å². The molecular weight excluding hydrogens is 300 g/mol. The van der Waals surface area contributed by atoms with Gasteiger partial charge >= 0.3 is 0 Å². The molecule has 4 aliphatic rings. The molecular formula is C25H30. The van der Waals surface area contributed by atoms with Gasteiger partial charge in [0.1, 0.15) is 0 Å². The third-order valence-corrected chi connectivity index (χ3v) is 8.10. The first-order valence-electron chi connectivity index (χ1n) is 10.3. The van der Waals surface area contributed by atoms with Crippen molar-refractivity contribution in [2.24, 2.45) is 35.0 Å². The molecule has 130 valence electrons. The molecule has 1 aromatic carbocycles. The fourth-order valence-electron chi connectivity index (χ4n) is 6.84. The van der Waals surface area contributed by atoms with E-state index in [1.54, 1.807) is 5.56 Å². The van der Waals surface area contributed by atoms with E-state index in [1.807, 2.05) is 0 Å². The second-order valence-electron chi connectivity index (χ2n) is 9.37. The smallest absolute Gasteiger partial charge is 0.00900 e. The van der Waals surface area contributed by atoms with E-state index in [2.05, 4.69) is 74.6 Å². The van der Waals surface area contributed by atoms with Crippen LogP contribution in [0.25, 0.3) is 6.08 Å². The Hall–Kier alpha value is -1.56. The third kappa shape index (κ3) is 2.33. The summed E-state index contributed by atoms with van der Waals surface area (Å²) < 4.78 is 0. The summed E-state index contributed by atoms with van der Waals surface area (Å²) in [5, 5.41) is 0. The molecule has 0 spiro atoms. The van der Waals surface area contributed by atoms with E-state index in [1.165, 1.54) is 31.2 Å². The molecule has 0 heterocycles. The van der Waals surface area contributed by atoms with Crippen LogP contribution in [0.2, 0.25) is 0 Å². The predicted molar refractivity (Wildman–Crippen MR) is 106 cm³/mol. The van der Waals surface area contributed by atoms with Crippen LogP contribution in [0.4, 0.5) is 0 Å². The van der Waals surface area contributed by atoms with Crippen molar-refractivity contribution >= 4 is 6.08 Å². The Bertz CT molecular complexity index is 747. The summed E-state index contributed by atoms with van der Waals surface area (Å²) in [6.45, 7) is 5.18. The van der Waals surface area contributed by atoms with Crippen molar-refractivity contribution < 1.29 is 0 Å². The van der Waals surface area contributed by atoms with Gasteiger partial charge in [-0.1, -0.05) is 74.6 Å². The van der Waals surface area contributed by atoms with Gasteiger partial charge in [0, 0.05) is 0 Å². The first-order valence-corrected chi connectivity index (χ1v) is 10.3. The molecule has 2 saturated carbocycles. The van der Waals surface area contributed by atoms with Crippen molar-refractivity contribution in [1.29, 1.82) is 0 Å². The highest BCUT2D eigenvalue weighted by Crippen LogP contribution is 2.60. The van der Waals surface area contributed by atoms with Gasteiger partial charge < -0.3 is 0 Å². The molecule has 4 aliphatic carbocycles. The molecule has 0 nitrogen and oxygen atoms in total. The van der Waals surface area contributed by atoms with Crippen LogP contribution in [0.15, 0.2) is 54.6 Å². The van der Waals surface area contributed by atoms with Gasteiger partial charge in [-0.25, -0.2) is 0 Å². The van der Waals surface area contributed by atoms with Crippen LogP contribution in [-0.4, -0.2) is 0 Å². The van der Waals surface area contributed by atoms with E-state index in [0.29, 0.717) is 5.41 Å². The minimum atomic E-state index is 0.422. The average molecular weight is 331 g/mol. The van der Waals surface area contributed by atoms with Crippen molar-refractivity contribution in [2.75, 3.05) is 0 Å². The van der Waals surface area contributed by atoms with Crippen LogP contribution in [0, 0.1) is 35.0 Å². The molecule has 5 rings (SSSR count). The highest BCUT2D eigenvalue weighted by molar-refractivity contribution is 5.59. The lowest BCUT2D eigenvalue weighted by molar-refractivity contribution is 0.0763. The Morgan fingerprint density at radius 2 is 1.56 bits per heavy atom. The minimum Gasteiger partial charge on any atom is -0.0808 e. The molecule has 0 saturated heterocycles. The fourth-order valence-corrected chi connectivity index (χ4v) is 6.84. The topological polar surface area (TPSA) is 0 Å². The first kappa shape index (κ1) is 15.7. The molecule has 0 aromatic heterocycles. The highest BCUT2D eigenvalue weighted by Gasteiger charge is 2.51. The number of fused-ring (bicyclic) bond motifs is 4. The molecule has 0 N–H and O–H groups in total. The van der Waals surface area contributed by atoms with Crippen molar-refractivity contribution in [3.05, 3.63) is 65.8 Å². The number of benzene rings is 1. The summed E-state index contributed by atoms with van der Waals surface area (Å²) in [7, 11) is 0. The Labute approximate surface area is 152 Å². The monoisotopic (exact) mass is 330 g/mol. The van der Waals surface area contributed by atoms with Crippen LogP contribution in [0.3, 0.4) is 0 Å². The van der Waals surface area contributed by atoms with Crippen molar-refractivity contribution in [3.8, 4) is 0 Å². The van der Waals surface area contributed by atoms with Crippen LogP contribution >= 0.6 is 0 Å². The number of rotatable bonds is 2. The van der Waals surface area contributed by atoms with Gasteiger partial charge in [-0.3, -0.25) is 0 Å². The van der Waals surface area contributed by atoms with Crippen molar-refractivity contribution in [3.63, 3.8) is 0 Å². The second kappa shape index (κ2) is 5.73. The van der Waals surface area contributed by atoms with E-state index < -0.39 is 0 Å². The molecule has 6 unspecified atom stereocenters. The molecule has 0 amide bonds. The third-order valence-electron chi connectivity index (χ3n) is 8.10. The first-order chi connectivity index (χ1) is 12.2. The van der Waals surface area contributed by atoms with Gasteiger partial charge in [0.05, 0.1) is 0 Å². The molecule has 1 aromatic rings. The minimum absolute atomic E-state index is 0.422. The lowest BCUT2D eigenvalue weighted by Crippen LogP contribution is -2.37. The Morgan fingerprint density at radius 3 is 2.48 bits per heavy atom. The summed E-state index contributed by atoms with van der Waals surface area (Å²) >= 11 is 0. The van der Waals surface area contributed by atoms with Crippen LogP contribution in [0.5, 0.6) is 0 Å². The molecule has 25 heavy (non-hydrogen) atoms. The maximum absolute atomic E-state index is 2.59. The van der Waals surface area contributed by atoms with Crippen LogP contribution in [0.1, 0.15) is 56.6 Å².